The second-order valence-corrected chi connectivity index (χ2v) is 9.55. The number of hydrogen-bond donors (Lipinski definition) is 0. The van der Waals surface area contributed by atoms with Crippen LogP contribution in [0.5, 0.6) is 0 Å². The third kappa shape index (κ3) is 3.94. The molecule has 0 radical (unpaired) electrons. The molecule has 2 aliphatic rings. The summed E-state index contributed by atoms with van der Waals surface area (Å²) in [6, 6.07) is 10.3. The molecule has 2 heterocycles. The number of para-hydroxylation sites is 1. The molecular weight excluding hydrogens is 444 g/mol. The lowest BCUT2D eigenvalue weighted by Crippen LogP contribution is -2.44. The number of carbonyl (C=O) groups excluding carboxylic acids is 2. The quantitative estimate of drug-likeness (QED) is 0.643. The Kier molecular flexibility index (Phi) is 6.02. The number of methoxy groups -OCH3 is 1. The van der Waals surface area contributed by atoms with E-state index < -0.39 is 27.9 Å². The summed E-state index contributed by atoms with van der Waals surface area (Å²) >= 11 is 6.30. The van der Waals surface area contributed by atoms with Crippen molar-refractivity contribution in [3.63, 3.8) is 0 Å². The van der Waals surface area contributed by atoms with Gasteiger partial charge in [0, 0.05) is 25.2 Å². The van der Waals surface area contributed by atoms with Crippen LogP contribution in [-0.4, -0.2) is 64.1 Å². The Balaban J connectivity index is 1.74. The average Bonchev–Trinajstić information content (AvgIpc) is 3.18. The van der Waals surface area contributed by atoms with Crippen LogP contribution < -0.4 is 4.90 Å². The fourth-order valence-electron chi connectivity index (χ4n) is 3.86. The monoisotopic (exact) mass is 464 g/mol. The molecule has 0 aliphatic carbocycles. The first-order valence-electron chi connectivity index (χ1n) is 9.71. The number of halogens is 1. The maximum Gasteiger partial charge on any atom is 0.329 e. The van der Waals surface area contributed by atoms with E-state index in [4.69, 9.17) is 21.1 Å². The van der Waals surface area contributed by atoms with E-state index in [9.17, 15) is 18.0 Å². The molecular formula is C21H21ClN2O6S. The Hall–Kier alpha value is -2.46. The topological polar surface area (TPSA) is 93.2 Å². The fraction of sp³-hybridized carbons (Fsp3) is 0.333. The SMILES string of the molecule is COC(=O)C1Cc2ccccc2N1C(=O)c1cc(S(=O)(=O)N2CCOCC2)ccc1Cl. The van der Waals surface area contributed by atoms with E-state index in [1.165, 1.54) is 34.5 Å². The first kappa shape index (κ1) is 21.8. The minimum absolute atomic E-state index is 0.00149. The van der Waals surface area contributed by atoms with Gasteiger partial charge in [0.2, 0.25) is 10.0 Å². The molecule has 0 aromatic heterocycles. The van der Waals surface area contributed by atoms with E-state index in [0.29, 0.717) is 25.3 Å². The molecule has 0 spiro atoms. The van der Waals surface area contributed by atoms with Crippen LogP contribution in [0.4, 0.5) is 5.69 Å². The van der Waals surface area contributed by atoms with E-state index in [1.54, 1.807) is 12.1 Å². The lowest BCUT2D eigenvalue weighted by molar-refractivity contribution is -0.141. The van der Waals surface area contributed by atoms with Gasteiger partial charge < -0.3 is 9.47 Å². The van der Waals surface area contributed by atoms with Gasteiger partial charge in [-0.05, 0) is 29.8 Å². The van der Waals surface area contributed by atoms with Crippen LogP contribution in [0.1, 0.15) is 15.9 Å². The highest BCUT2D eigenvalue weighted by atomic mass is 35.5. The standard InChI is InChI=1S/C21H21ClN2O6S/c1-29-21(26)19-12-14-4-2-3-5-18(14)24(19)20(25)16-13-15(6-7-17(16)22)31(27,28)23-8-10-30-11-9-23/h2-7,13,19H,8-12H2,1H3. The molecule has 0 bridgehead atoms. The van der Waals surface area contributed by atoms with Gasteiger partial charge in [-0.1, -0.05) is 29.8 Å². The molecule has 8 nitrogen and oxygen atoms in total. The number of esters is 1. The summed E-state index contributed by atoms with van der Waals surface area (Å²) in [6.07, 6.45) is 0.304. The number of carbonyl (C=O) groups is 2. The Bertz CT molecular complexity index is 1130. The molecule has 2 aromatic carbocycles. The maximum atomic E-state index is 13.5. The van der Waals surface area contributed by atoms with Crippen molar-refractivity contribution in [1.29, 1.82) is 0 Å². The summed E-state index contributed by atoms with van der Waals surface area (Å²) in [5, 5.41) is 0.0962. The number of rotatable bonds is 4. The number of anilines is 1. The molecule has 0 N–H and O–H groups in total. The predicted octanol–water partition coefficient (Wildman–Crippen LogP) is 2.11. The van der Waals surface area contributed by atoms with Gasteiger partial charge in [0.05, 0.1) is 35.8 Å². The van der Waals surface area contributed by atoms with Crippen molar-refractivity contribution in [3.8, 4) is 0 Å². The van der Waals surface area contributed by atoms with Gasteiger partial charge in [0.15, 0.2) is 0 Å². The number of benzene rings is 2. The van der Waals surface area contributed by atoms with Gasteiger partial charge in [-0.15, -0.1) is 0 Å². The molecule has 1 fully saturated rings. The largest absolute Gasteiger partial charge is 0.467 e. The van der Waals surface area contributed by atoms with Crippen LogP contribution in [0.2, 0.25) is 5.02 Å². The number of sulfonamides is 1. The third-order valence-corrected chi connectivity index (χ3v) is 7.67. The highest BCUT2D eigenvalue weighted by Crippen LogP contribution is 2.35. The molecule has 1 amide bonds. The summed E-state index contributed by atoms with van der Waals surface area (Å²) < 4.78 is 37.5. The Labute approximate surface area is 185 Å². The third-order valence-electron chi connectivity index (χ3n) is 5.44. The number of ether oxygens (including phenoxy) is 2. The first-order chi connectivity index (χ1) is 14.8. The van der Waals surface area contributed by atoms with Crippen molar-refractivity contribution in [2.45, 2.75) is 17.4 Å². The van der Waals surface area contributed by atoms with E-state index in [0.717, 1.165) is 5.56 Å². The van der Waals surface area contributed by atoms with Crippen molar-refractivity contribution >= 4 is 39.2 Å². The summed E-state index contributed by atoms with van der Waals surface area (Å²) in [7, 11) is -2.56. The highest BCUT2D eigenvalue weighted by Gasteiger charge is 2.40. The predicted molar refractivity (Wildman–Crippen MR) is 114 cm³/mol. The van der Waals surface area contributed by atoms with Crippen molar-refractivity contribution < 1.29 is 27.5 Å². The smallest absolute Gasteiger partial charge is 0.329 e. The summed E-state index contributed by atoms with van der Waals surface area (Å²) in [4.78, 5) is 27.2. The zero-order valence-corrected chi connectivity index (χ0v) is 18.4. The van der Waals surface area contributed by atoms with Crippen molar-refractivity contribution in [2.24, 2.45) is 0 Å². The molecule has 4 rings (SSSR count). The average molecular weight is 465 g/mol. The molecule has 1 unspecified atom stereocenters. The van der Waals surface area contributed by atoms with Gasteiger partial charge >= 0.3 is 5.97 Å². The normalized spacial score (nSPS) is 19.2. The number of nitrogens with zero attached hydrogens (tertiary/aromatic N) is 2. The Morgan fingerprint density at radius 3 is 2.55 bits per heavy atom. The maximum absolute atomic E-state index is 13.5. The van der Waals surface area contributed by atoms with Crippen LogP contribution in [0.25, 0.3) is 0 Å². The summed E-state index contributed by atoms with van der Waals surface area (Å²) in [6.45, 7) is 1.09. The van der Waals surface area contributed by atoms with E-state index in [-0.39, 0.29) is 28.6 Å². The van der Waals surface area contributed by atoms with Crippen molar-refractivity contribution in [2.75, 3.05) is 38.3 Å². The van der Waals surface area contributed by atoms with Gasteiger partial charge in [0.1, 0.15) is 6.04 Å². The number of hydrogen-bond acceptors (Lipinski definition) is 6. The molecule has 1 atom stereocenters. The lowest BCUT2D eigenvalue weighted by atomic mass is 10.1. The number of fused-ring (bicyclic) bond motifs is 1. The van der Waals surface area contributed by atoms with Crippen molar-refractivity contribution in [3.05, 3.63) is 58.6 Å². The van der Waals surface area contributed by atoms with Crippen molar-refractivity contribution in [1.82, 2.24) is 4.31 Å². The molecule has 10 heteroatoms. The number of morpholine rings is 1. The zero-order chi connectivity index (χ0) is 22.2. The molecule has 2 aliphatic heterocycles. The van der Waals surface area contributed by atoms with Crippen LogP contribution in [0.3, 0.4) is 0 Å². The highest BCUT2D eigenvalue weighted by molar-refractivity contribution is 7.89. The van der Waals surface area contributed by atoms with E-state index in [2.05, 4.69) is 0 Å². The molecule has 2 aromatic rings. The summed E-state index contributed by atoms with van der Waals surface area (Å²) in [5.74, 6) is -1.12. The Morgan fingerprint density at radius 1 is 1.13 bits per heavy atom. The molecule has 0 saturated carbocycles. The van der Waals surface area contributed by atoms with Crippen LogP contribution >= 0.6 is 11.6 Å². The van der Waals surface area contributed by atoms with Gasteiger partial charge in [-0.3, -0.25) is 9.69 Å². The fourth-order valence-corrected chi connectivity index (χ4v) is 5.49. The number of amides is 1. The lowest BCUT2D eigenvalue weighted by Gasteiger charge is -2.27. The molecule has 1 saturated heterocycles. The van der Waals surface area contributed by atoms with Gasteiger partial charge in [-0.25, -0.2) is 13.2 Å². The van der Waals surface area contributed by atoms with Gasteiger partial charge in [-0.2, -0.15) is 4.31 Å². The summed E-state index contributed by atoms with van der Waals surface area (Å²) in [5.41, 5.74) is 1.39. The zero-order valence-electron chi connectivity index (χ0n) is 16.8. The minimum atomic E-state index is -3.82. The second kappa shape index (κ2) is 8.58. The van der Waals surface area contributed by atoms with Crippen LogP contribution in [-0.2, 0) is 30.7 Å². The first-order valence-corrected chi connectivity index (χ1v) is 11.5. The molecule has 164 valence electrons. The van der Waals surface area contributed by atoms with Crippen LogP contribution in [0.15, 0.2) is 47.4 Å². The van der Waals surface area contributed by atoms with Crippen LogP contribution in [0, 0.1) is 0 Å². The minimum Gasteiger partial charge on any atom is -0.467 e. The molecule has 31 heavy (non-hydrogen) atoms. The van der Waals surface area contributed by atoms with E-state index in [1.807, 2.05) is 12.1 Å². The Morgan fingerprint density at radius 2 is 1.84 bits per heavy atom. The van der Waals surface area contributed by atoms with Gasteiger partial charge in [0.25, 0.3) is 5.91 Å². The van der Waals surface area contributed by atoms with E-state index >= 15 is 0 Å². The second-order valence-electron chi connectivity index (χ2n) is 7.21.